The molecule has 0 aliphatic heterocycles. The molecular weight excluding hydrogens is 1620 g/mol. The van der Waals surface area contributed by atoms with E-state index in [1.54, 1.807) is 0 Å². The standard InChI is InChI=1S/5C10H24O7P2.3V/c5*1-2-3-4-5-6-7-8-9-10-16-19(14,15)17-18(11,12)13;;;/h5*2-10H2,1H3,(H,14,15)(H2,11,12,13);;;/p-15. The molecule has 0 aliphatic carbocycles. The molecule has 5 atom stereocenters. The van der Waals surface area contributed by atoms with Gasteiger partial charge in [-0.05, 0) is 32.1 Å². The fourth-order valence-electron chi connectivity index (χ4n) is 7.79. The summed E-state index contributed by atoms with van der Waals surface area (Å²) >= 11 is 0. The van der Waals surface area contributed by atoms with Crippen LogP contribution in [0.1, 0.15) is 291 Å². The first-order valence-corrected chi connectivity index (χ1v) is 46.9. The molecule has 0 heterocycles. The summed E-state index contributed by atoms with van der Waals surface area (Å²) in [5.74, 6) is 0. The third-order valence-corrected chi connectivity index (χ3v) is 22.7. The Labute approximate surface area is 617 Å². The van der Waals surface area contributed by atoms with E-state index in [2.05, 4.69) is 78.8 Å². The minimum Gasteiger partial charge on any atom is -0.790 e. The summed E-state index contributed by atoms with van der Waals surface area (Å²) in [6.45, 7) is 9.86. The van der Waals surface area contributed by atoms with E-state index >= 15 is 0 Å². The Morgan fingerprint density at radius 1 is 0.173 bits per heavy atom. The van der Waals surface area contributed by atoms with Crippen molar-refractivity contribution in [3.8, 4) is 0 Å². The molecule has 98 heavy (non-hydrogen) atoms. The molecule has 0 spiro atoms. The number of unbranched alkanes of at least 4 members (excludes halogenated alkanes) is 35. The van der Waals surface area contributed by atoms with Crippen LogP contribution in [0.4, 0.5) is 0 Å². The summed E-state index contributed by atoms with van der Waals surface area (Å²) < 4.78 is 143. The van der Waals surface area contributed by atoms with Crippen LogP contribution < -0.4 is 73.4 Å². The van der Waals surface area contributed by atoms with Gasteiger partial charge in [-0.15, -0.1) is 0 Å². The van der Waals surface area contributed by atoms with Crippen LogP contribution in [0.25, 0.3) is 0 Å². The van der Waals surface area contributed by atoms with Crippen molar-refractivity contribution in [3.05, 3.63) is 0 Å². The van der Waals surface area contributed by atoms with Crippen LogP contribution in [-0.2, 0) is 145 Å². The van der Waals surface area contributed by atoms with E-state index in [0.717, 1.165) is 128 Å². The van der Waals surface area contributed by atoms with Crippen LogP contribution in [-0.4, -0.2) is 33.0 Å². The van der Waals surface area contributed by atoms with Gasteiger partial charge < -0.3 is 119 Å². The molecule has 0 saturated carbocycles. The van der Waals surface area contributed by atoms with E-state index in [9.17, 15) is 119 Å². The summed E-state index contributed by atoms with van der Waals surface area (Å²) in [4.78, 5) is 155. The van der Waals surface area contributed by atoms with Gasteiger partial charge in [0.15, 0.2) is 0 Å². The zero-order chi connectivity index (χ0) is 73.9. The average molecular weight is 1730 g/mol. The van der Waals surface area contributed by atoms with Gasteiger partial charge in [0.2, 0.25) is 0 Å². The van der Waals surface area contributed by atoms with Crippen LogP contribution in [0.5, 0.6) is 0 Å². The molecule has 0 fully saturated rings. The molecule has 48 heteroatoms. The van der Waals surface area contributed by atoms with Crippen LogP contribution in [0.3, 0.4) is 0 Å². The van der Waals surface area contributed by atoms with E-state index < -0.39 is 78.2 Å². The second-order valence-corrected chi connectivity index (χ2v) is 34.9. The minimum atomic E-state index is -5.56. The Morgan fingerprint density at radius 2 is 0.265 bits per heavy atom. The molecule has 0 aromatic carbocycles. The zero-order valence-electron chi connectivity index (χ0n) is 56.9. The number of phosphoric ester groups is 5. The summed E-state index contributed by atoms with van der Waals surface area (Å²) in [5.41, 5.74) is 0. The third-order valence-electron chi connectivity index (χ3n) is 12.2. The van der Waals surface area contributed by atoms with Crippen molar-refractivity contribution in [1.82, 2.24) is 0 Å². The fourth-order valence-corrected chi connectivity index (χ4v) is 15.4. The summed E-state index contributed by atoms with van der Waals surface area (Å²) in [5, 5.41) is 0. The van der Waals surface area contributed by atoms with E-state index in [-0.39, 0.29) is 88.7 Å². The first kappa shape index (κ1) is 117. The first-order chi connectivity index (χ1) is 43.8. The Kier molecular flexibility index (Phi) is 84.0. The van der Waals surface area contributed by atoms with Gasteiger partial charge in [-0.1, -0.05) is 259 Å². The zero-order valence-corrected chi connectivity index (χ0v) is 70.1. The largest absolute Gasteiger partial charge is 0.790 e. The van der Waals surface area contributed by atoms with Gasteiger partial charge in [0.1, 0.15) is 0 Å². The fraction of sp³-hybridized carbons (Fsp3) is 1.00. The molecule has 0 amide bonds. The van der Waals surface area contributed by atoms with Crippen molar-refractivity contribution in [2.75, 3.05) is 33.0 Å². The summed E-state index contributed by atoms with van der Waals surface area (Å²) in [6.07, 6.45) is 40.5. The number of rotatable bonds is 60. The van der Waals surface area contributed by atoms with Gasteiger partial charge in [0, 0.05) is 55.7 Å². The van der Waals surface area contributed by atoms with Crippen LogP contribution >= 0.6 is 78.2 Å². The van der Waals surface area contributed by atoms with Crippen molar-refractivity contribution in [3.63, 3.8) is 0 Å². The maximum atomic E-state index is 10.9. The van der Waals surface area contributed by atoms with Gasteiger partial charge in [0.25, 0.3) is 39.1 Å². The molecular formula is C50H105O35P10V3-15. The molecule has 0 bridgehead atoms. The topological polar surface area (TPSA) is 609 Å². The summed E-state index contributed by atoms with van der Waals surface area (Å²) in [6, 6.07) is 0. The molecule has 0 rings (SSSR count). The predicted molar refractivity (Wildman–Crippen MR) is 324 cm³/mol. The minimum absolute atomic E-state index is 0. The molecule has 595 valence electrons. The van der Waals surface area contributed by atoms with E-state index in [4.69, 9.17) is 0 Å². The maximum Gasteiger partial charge on any atom is 0.271 e. The van der Waals surface area contributed by atoms with Gasteiger partial charge in [-0.25, -0.2) is 0 Å². The van der Waals surface area contributed by atoms with Gasteiger partial charge in [-0.2, -0.15) is 0 Å². The monoisotopic (exact) mass is 1730 g/mol. The maximum absolute atomic E-state index is 10.9. The predicted octanol–water partition coefficient (Wildman–Crippen LogP) is 7.28. The molecule has 0 saturated heterocycles. The Hall–Kier alpha value is 3.05. The second kappa shape index (κ2) is 70.4. The Balaban J connectivity index is -0.000000171. The smallest absolute Gasteiger partial charge is 0.271 e. The number of hydrogen-bond acceptors (Lipinski definition) is 35. The van der Waals surface area contributed by atoms with E-state index in [1.165, 1.54) is 96.3 Å². The molecule has 3 radical (unpaired) electrons. The Morgan fingerprint density at radius 3 is 0.357 bits per heavy atom. The number of hydrogen-bond donors (Lipinski definition) is 0. The van der Waals surface area contributed by atoms with Crippen molar-refractivity contribution in [2.24, 2.45) is 0 Å². The van der Waals surface area contributed by atoms with Crippen molar-refractivity contribution in [2.45, 2.75) is 291 Å². The molecule has 35 nitrogen and oxygen atoms in total. The average Bonchev–Trinajstić information content (AvgIpc) is 1.04. The van der Waals surface area contributed by atoms with E-state index in [0.29, 0.717) is 32.1 Å². The van der Waals surface area contributed by atoms with Crippen LogP contribution in [0.15, 0.2) is 0 Å². The molecule has 0 aromatic heterocycles. The van der Waals surface area contributed by atoms with Gasteiger partial charge in [0.05, 0.1) is 72.1 Å². The number of phosphoric acid groups is 10. The third kappa shape index (κ3) is 110. The molecule has 0 N–H and O–H groups in total. The SMILES string of the molecule is CCCCCCCCCCOP(=O)([O-])OP(=O)([O-])[O-].CCCCCCCCCCOP(=O)([O-])OP(=O)([O-])[O-].CCCCCCCCCCOP(=O)([O-])OP(=O)([O-])[O-].CCCCCCCCCCOP(=O)([O-])OP(=O)([O-])[O-].CCCCCCCCCCOP(=O)([O-])OP(=O)([O-])[O-].[V].[V].[V]. The van der Waals surface area contributed by atoms with E-state index in [1.807, 2.05) is 0 Å². The van der Waals surface area contributed by atoms with Gasteiger partial charge in [-0.3, -0.25) is 44.4 Å². The quantitative estimate of drug-likeness (QED) is 0.0426. The van der Waals surface area contributed by atoms with Gasteiger partial charge >= 0.3 is 0 Å². The van der Waals surface area contributed by atoms with Crippen molar-refractivity contribution in [1.29, 1.82) is 0 Å². The Bertz CT molecular complexity index is 1950. The summed E-state index contributed by atoms with van der Waals surface area (Å²) in [7, 11) is -52.9. The van der Waals surface area contributed by atoms with Crippen molar-refractivity contribution >= 4 is 78.2 Å². The van der Waals surface area contributed by atoms with Crippen LogP contribution in [0.2, 0.25) is 0 Å². The normalized spacial score (nSPS) is 14.9. The molecule has 0 aromatic rings. The molecule has 0 aliphatic rings. The van der Waals surface area contributed by atoms with Crippen LogP contribution in [0, 0.1) is 0 Å². The van der Waals surface area contributed by atoms with Crippen molar-refractivity contribution < 1.29 is 219 Å². The second-order valence-electron chi connectivity index (χ2n) is 21.4. The first-order valence-electron chi connectivity index (χ1n) is 32.3. The molecule has 5 unspecified atom stereocenters.